The molecule has 1 aromatic carbocycles. The summed E-state index contributed by atoms with van der Waals surface area (Å²) in [5, 5.41) is 7.96. The summed E-state index contributed by atoms with van der Waals surface area (Å²) in [6.45, 7) is 4.39. The zero-order valence-electron chi connectivity index (χ0n) is 14.4. The minimum atomic E-state index is 0.161. The molecule has 0 bridgehead atoms. The van der Waals surface area contributed by atoms with Crippen molar-refractivity contribution in [2.45, 2.75) is 45.1 Å². The van der Waals surface area contributed by atoms with Crippen LogP contribution in [0.25, 0.3) is 10.9 Å². The molecule has 1 amide bonds. The highest BCUT2D eigenvalue weighted by atomic mass is 16.1. The number of benzene rings is 1. The van der Waals surface area contributed by atoms with E-state index in [0.29, 0.717) is 12.5 Å². The molecule has 0 spiro atoms. The Morgan fingerprint density at radius 1 is 1.25 bits per heavy atom. The molecule has 1 saturated carbocycles. The van der Waals surface area contributed by atoms with E-state index in [-0.39, 0.29) is 5.91 Å². The molecule has 4 heteroatoms. The average molecular weight is 325 g/mol. The molecule has 1 aliphatic heterocycles. The van der Waals surface area contributed by atoms with Crippen LogP contribution in [-0.2, 0) is 11.2 Å². The van der Waals surface area contributed by atoms with E-state index in [1.54, 1.807) is 0 Å². The van der Waals surface area contributed by atoms with E-state index in [1.807, 2.05) is 6.20 Å². The molecule has 3 unspecified atom stereocenters. The molecule has 3 N–H and O–H groups in total. The molecule has 1 aromatic heterocycles. The van der Waals surface area contributed by atoms with Crippen LogP contribution in [-0.4, -0.2) is 30.0 Å². The van der Waals surface area contributed by atoms with Gasteiger partial charge in [-0.2, -0.15) is 0 Å². The fraction of sp³-hybridized carbons (Fsp3) is 0.550. The summed E-state index contributed by atoms with van der Waals surface area (Å²) >= 11 is 0. The predicted octanol–water partition coefficient (Wildman–Crippen LogP) is 2.91. The minimum Gasteiger partial charge on any atom is -0.361 e. The van der Waals surface area contributed by atoms with Crippen LogP contribution >= 0.6 is 0 Å². The van der Waals surface area contributed by atoms with Gasteiger partial charge in [-0.25, -0.2) is 0 Å². The first-order valence-electron chi connectivity index (χ1n) is 9.26. The first-order chi connectivity index (χ1) is 11.7. The number of carbonyl (C=O) groups excluding carboxylic acids is 1. The third kappa shape index (κ3) is 3.20. The lowest BCUT2D eigenvalue weighted by Gasteiger charge is -2.39. The number of hydrogen-bond donors (Lipinski definition) is 3. The van der Waals surface area contributed by atoms with Gasteiger partial charge in [-0.3, -0.25) is 4.79 Å². The van der Waals surface area contributed by atoms with Crippen molar-refractivity contribution in [2.24, 2.45) is 11.8 Å². The van der Waals surface area contributed by atoms with Gasteiger partial charge in [-0.05, 0) is 74.7 Å². The normalized spacial score (nSPS) is 27.0. The second-order valence-corrected chi connectivity index (χ2v) is 7.63. The fourth-order valence-electron chi connectivity index (χ4n) is 4.55. The zero-order valence-corrected chi connectivity index (χ0v) is 14.4. The number of aromatic amines is 1. The number of H-pyrrole nitrogens is 1. The van der Waals surface area contributed by atoms with Crippen molar-refractivity contribution >= 4 is 16.8 Å². The van der Waals surface area contributed by atoms with Crippen molar-refractivity contribution in [2.75, 3.05) is 13.1 Å². The lowest BCUT2D eigenvalue weighted by molar-refractivity contribution is -0.121. The standard InChI is InChI=1S/C20H27N3O/c1-13-2-5-18-16(12-22-19(18)8-13)10-20(24)23-17-4-3-15-11-21-7-6-14(15)9-17/h2,5,8,12,14-15,17,21-22H,3-4,6-7,9-11H2,1H3,(H,23,24). The van der Waals surface area contributed by atoms with Gasteiger partial charge in [0.05, 0.1) is 6.42 Å². The highest BCUT2D eigenvalue weighted by Crippen LogP contribution is 2.34. The van der Waals surface area contributed by atoms with Gasteiger partial charge in [0.2, 0.25) is 5.91 Å². The molecule has 4 nitrogen and oxygen atoms in total. The van der Waals surface area contributed by atoms with Gasteiger partial charge in [0.15, 0.2) is 0 Å². The molecule has 128 valence electrons. The van der Waals surface area contributed by atoms with Crippen molar-refractivity contribution in [3.63, 3.8) is 0 Å². The average Bonchev–Trinajstić information content (AvgIpc) is 2.96. The Labute approximate surface area is 143 Å². The smallest absolute Gasteiger partial charge is 0.224 e. The van der Waals surface area contributed by atoms with Crippen LogP contribution in [0.1, 0.15) is 36.8 Å². The van der Waals surface area contributed by atoms with E-state index in [2.05, 4.69) is 40.7 Å². The van der Waals surface area contributed by atoms with Crippen LogP contribution < -0.4 is 10.6 Å². The number of piperidine rings is 1. The first kappa shape index (κ1) is 15.7. The van der Waals surface area contributed by atoms with Crippen LogP contribution in [0.15, 0.2) is 24.4 Å². The van der Waals surface area contributed by atoms with Crippen LogP contribution in [0.5, 0.6) is 0 Å². The Bertz CT molecular complexity index is 736. The minimum absolute atomic E-state index is 0.161. The summed E-state index contributed by atoms with van der Waals surface area (Å²) in [5.41, 5.74) is 3.45. The summed E-state index contributed by atoms with van der Waals surface area (Å²) in [5.74, 6) is 1.78. The number of amides is 1. The highest BCUT2D eigenvalue weighted by Gasteiger charge is 2.32. The Morgan fingerprint density at radius 3 is 3.08 bits per heavy atom. The summed E-state index contributed by atoms with van der Waals surface area (Å²) in [7, 11) is 0. The third-order valence-corrected chi connectivity index (χ3v) is 5.88. The summed E-state index contributed by atoms with van der Waals surface area (Å²) in [6, 6.07) is 6.72. The van der Waals surface area contributed by atoms with Crippen molar-refractivity contribution in [1.29, 1.82) is 0 Å². The van der Waals surface area contributed by atoms with Crippen molar-refractivity contribution in [3.8, 4) is 0 Å². The SMILES string of the molecule is Cc1ccc2c(CC(=O)NC3CCC4CNCCC4C3)c[nH]c2c1. The molecular weight excluding hydrogens is 298 g/mol. The van der Waals surface area contributed by atoms with Crippen LogP contribution in [0.4, 0.5) is 0 Å². The van der Waals surface area contributed by atoms with E-state index in [4.69, 9.17) is 0 Å². The monoisotopic (exact) mass is 325 g/mol. The Morgan fingerprint density at radius 2 is 2.17 bits per heavy atom. The van der Waals surface area contributed by atoms with Crippen LogP contribution in [0, 0.1) is 18.8 Å². The summed E-state index contributed by atoms with van der Waals surface area (Å²) in [4.78, 5) is 15.8. The van der Waals surface area contributed by atoms with E-state index in [9.17, 15) is 4.79 Å². The third-order valence-electron chi connectivity index (χ3n) is 5.88. The van der Waals surface area contributed by atoms with Crippen molar-refractivity contribution in [3.05, 3.63) is 35.5 Å². The van der Waals surface area contributed by atoms with E-state index in [1.165, 1.54) is 24.9 Å². The van der Waals surface area contributed by atoms with Gasteiger partial charge < -0.3 is 15.6 Å². The first-order valence-corrected chi connectivity index (χ1v) is 9.26. The molecule has 1 aliphatic carbocycles. The number of carbonyl (C=O) groups is 1. The molecule has 2 aliphatic rings. The Hall–Kier alpha value is -1.81. The number of aromatic nitrogens is 1. The van der Waals surface area contributed by atoms with Crippen molar-refractivity contribution < 1.29 is 4.79 Å². The van der Waals surface area contributed by atoms with Crippen LogP contribution in [0.2, 0.25) is 0 Å². The van der Waals surface area contributed by atoms with Crippen LogP contribution in [0.3, 0.4) is 0 Å². The molecule has 2 aromatic rings. The fourth-order valence-corrected chi connectivity index (χ4v) is 4.55. The number of fused-ring (bicyclic) bond motifs is 2. The van der Waals surface area contributed by atoms with Gasteiger partial charge in [0, 0.05) is 23.1 Å². The second kappa shape index (κ2) is 6.60. The lowest BCUT2D eigenvalue weighted by atomic mass is 9.73. The molecule has 3 atom stereocenters. The molecular formula is C20H27N3O. The largest absolute Gasteiger partial charge is 0.361 e. The van der Waals surface area contributed by atoms with Gasteiger partial charge in [-0.15, -0.1) is 0 Å². The summed E-state index contributed by atoms with van der Waals surface area (Å²) < 4.78 is 0. The summed E-state index contributed by atoms with van der Waals surface area (Å²) in [6.07, 6.45) is 7.24. The van der Waals surface area contributed by atoms with Gasteiger partial charge in [-0.1, -0.05) is 12.1 Å². The maximum Gasteiger partial charge on any atom is 0.224 e. The van der Waals surface area contributed by atoms with Gasteiger partial charge in [0.25, 0.3) is 0 Å². The number of aryl methyl sites for hydroxylation is 1. The van der Waals surface area contributed by atoms with E-state index < -0.39 is 0 Å². The maximum atomic E-state index is 12.5. The molecule has 24 heavy (non-hydrogen) atoms. The van der Waals surface area contributed by atoms with Gasteiger partial charge in [0.1, 0.15) is 0 Å². The highest BCUT2D eigenvalue weighted by molar-refractivity contribution is 5.89. The molecule has 0 radical (unpaired) electrons. The second-order valence-electron chi connectivity index (χ2n) is 7.63. The van der Waals surface area contributed by atoms with Crippen molar-refractivity contribution in [1.82, 2.24) is 15.6 Å². The molecule has 2 fully saturated rings. The Kier molecular flexibility index (Phi) is 4.31. The zero-order chi connectivity index (χ0) is 16.5. The molecule has 1 saturated heterocycles. The quantitative estimate of drug-likeness (QED) is 0.813. The number of nitrogens with one attached hydrogen (secondary N) is 3. The topological polar surface area (TPSA) is 56.9 Å². The predicted molar refractivity (Wildman–Crippen MR) is 97.0 cm³/mol. The molecule has 2 heterocycles. The maximum absolute atomic E-state index is 12.5. The Balaban J connectivity index is 1.37. The lowest BCUT2D eigenvalue weighted by Crippen LogP contribution is -2.46. The molecule has 4 rings (SSSR count). The van der Waals surface area contributed by atoms with E-state index >= 15 is 0 Å². The van der Waals surface area contributed by atoms with Gasteiger partial charge >= 0.3 is 0 Å². The number of rotatable bonds is 3. The van der Waals surface area contributed by atoms with E-state index in [0.717, 1.165) is 47.7 Å². The number of hydrogen-bond acceptors (Lipinski definition) is 2.